The molecule has 0 radical (unpaired) electrons. The molecule has 0 fully saturated rings. The molecular weight excluding hydrogens is 312 g/mol. The van der Waals surface area contributed by atoms with Gasteiger partial charge in [-0.3, -0.25) is 9.48 Å². The van der Waals surface area contributed by atoms with Crippen LogP contribution < -0.4 is 0 Å². The van der Waals surface area contributed by atoms with Gasteiger partial charge in [-0.2, -0.15) is 0 Å². The van der Waals surface area contributed by atoms with Crippen LogP contribution in [0, 0.1) is 0 Å². The molecule has 6 nitrogen and oxygen atoms in total. The molecule has 23 heavy (non-hydrogen) atoms. The maximum absolute atomic E-state index is 12.5. The summed E-state index contributed by atoms with van der Waals surface area (Å²) >= 11 is 1.61. The van der Waals surface area contributed by atoms with Gasteiger partial charge in [-0.1, -0.05) is 11.3 Å². The lowest BCUT2D eigenvalue weighted by Gasteiger charge is -2.31. The molecule has 0 unspecified atom stereocenters. The Hall–Kier alpha value is -1.99. The Labute approximate surface area is 139 Å². The highest BCUT2D eigenvalue weighted by atomic mass is 32.1. The molecule has 0 saturated heterocycles. The third-order valence-corrected chi connectivity index (χ3v) is 4.72. The normalized spacial score (nSPS) is 17.7. The Bertz CT molecular complexity index is 693. The predicted molar refractivity (Wildman–Crippen MR) is 89.0 cm³/mol. The summed E-state index contributed by atoms with van der Waals surface area (Å²) in [5, 5.41) is 10.3. The second-order valence-corrected chi connectivity index (χ2v) is 6.45. The van der Waals surface area contributed by atoms with Crippen LogP contribution in [0.5, 0.6) is 0 Å². The van der Waals surface area contributed by atoms with Gasteiger partial charge in [0.1, 0.15) is 5.69 Å². The quantitative estimate of drug-likeness (QED) is 0.786. The number of aryl methyl sites for hydroxylation is 1. The average molecular weight is 332 g/mol. The SMILES string of the molecule is CCOC[C@H]1CN(C(=O)/C=C/c2cccs2)Cc2nnn(C)c21. The van der Waals surface area contributed by atoms with Crippen LogP contribution in [0.3, 0.4) is 0 Å². The topological polar surface area (TPSA) is 60.2 Å². The van der Waals surface area contributed by atoms with E-state index in [9.17, 15) is 4.79 Å². The van der Waals surface area contributed by atoms with Gasteiger partial charge in [0.25, 0.3) is 0 Å². The summed E-state index contributed by atoms with van der Waals surface area (Å²) in [7, 11) is 1.89. The minimum absolute atomic E-state index is 0.00352. The maximum Gasteiger partial charge on any atom is 0.246 e. The van der Waals surface area contributed by atoms with Gasteiger partial charge in [-0.05, 0) is 24.4 Å². The van der Waals surface area contributed by atoms with E-state index in [1.54, 1.807) is 22.1 Å². The molecule has 0 N–H and O–H groups in total. The Morgan fingerprint density at radius 3 is 3.17 bits per heavy atom. The zero-order chi connectivity index (χ0) is 16.2. The zero-order valence-electron chi connectivity index (χ0n) is 13.3. The summed E-state index contributed by atoms with van der Waals surface area (Å²) in [5.74, 6) is 0.106. The van der Waals surface area contributed by atoms with Gasteiger partial charge in [0.05, 0.1) is 18.8 Å². The third-order valence-electron chi connectivity index (χ3n) is 3.88. The second-order valence-electron chi connectivity index (χ2n) is 5.47. The fraction of sp³-hybridized carbons (Fsp3) is 0.438. The molecular formula is C16H20N4O2S. The van der Waals surface area contributed by atoms with Gasteiger partial charge >= 0.3 is 0 Å². The Balaban J connectivity index is 1.75. The molecule has 3 heterocycles. The molecule has 2 aromatic heterocycles. The number of nitrogens with zero attached hydrogens (tertiary/aromatic N) is 4. The van der Waals surface area contributed by atoms with Crippen LogP contribution in [0.1, 0.15) is 29.1 Å². The molecule has 0 aliphatic carbocycles. The summed E-state index contributed by atoms with van der Waals surface area (Å²) in [5.41, 5.74) is 1.94. The number of thiophene rings is 1. The molecule has 1 aliphatic rings. The van der Waals surface area contributed by atoms with E-state index in [2.05, 4.69) is 10.3 Å². The molecule has 0 saturated carbocycles. The lowest BCUT2D eigenvalue weighted by atomic mass is 9.99. The first-order valence-corrected chi connectivity index (χ1v) is 8.53. The predicted octanol–water partition coefficient (Wildman–Crippen LogP) is 2.05. The first-order valence-electron chi connectivity index (χ1n) is 7.65. The van der Waals surface area contributed by atoms with Crippen LogP contribution in [-0.2, 0) is 23.1 Å². The van der Waals surface area contributed by atoms with Crippen LogP contribution in [0.15, 0.2) is 23.6 Å². The van der Waals surface area contributed by atoms with E-state index in [0.717, 1.165) is 16.3 Å². The van der Waals surface area contributed by atoms with Crippen molar-refractivity contribution in [1.82, 2.24) is 19.9 Å². The van der Waals surface area contributed by atoms with E-state index in [0.29, 0.717) is 26.3 Å². The van der Waals surface area contributed by atoms with Crippen molar-refractivity contribution in [3.8, 4) is 0 Å². The van der Waals surface area contributed by atoms with Crippen molar-refractivity contribution >= 4 is 23.3 Å². The standard InChI is InChI=1S/C16H20N4O2S/c1-3-22-11-12-9-20(10-14-16(12)19(2)18-17-14)15(21)7-6-13-5-4-8-23-13/h4-8,12H,3,9-11H2,1-2H3/b7-6+/t12-/m1/s1. The molecule has 0 aromatic carbocycles. The lowest BCUT2D eigenvalue weighted by molar-refractivity contribution is -0.127. The summed E-state index contributed by atoms with van der Waals surface area (Å²) in [6.07, 6.45) is 3.49. The molecule has 0 bridgehead atoms. The molecule has 122 valence electrons. The molecule has 1 atom stereocenters. The number of rotatable bonds is 5. The van der Waals surface area contributed by atoms with Crippen molar-refractivity contribution in [1.29, 1.82) is 0 Å². The van der Waals surface area contributed by atoms with Crippen LogP contribution >= 0.6 is 11.3 Å². The van der Waals surface area contributed by atoms with Crippen molar-refractivity contribution in [2.45, 2.75) is 19.4 Å². The van der Waals surface area contributed by atoms with E-state index in [1.165, 1.54) is 0 Å². The lowest BCUT2D eigenvalue weighted by Crippen LogP contribution is -2.39. The molecule has 7 heteroatoms. The average Bonchev–Trinajstić information content (AvgIpc) is 3.20. The first-order chi connectivity index (χ1) is 11.2. The zero-order valence-corrected chi connectivity index (χ0v) is 14.1. The molecule has 1 amide bonds. The number of fused-ring (bicyclic) bond motifs is 1. The van der Waals surface area contributed by atoms with Crippen molar-refractivity contribution in [2.24, 2.45) is 7.05 Å². The van der Waals surface area contributed by atoms with Gasteiger partial charge in [0, 0.05) is 37.1 Å². The van der Waals surface area contributed by atoms with Gasteiger partial charge in [0.2, 0.25) is 5.91 Å². The highest BCUT2D eigenvalue weighted by Gasteiger charge is 2.31. The minimum Gasteiger partial charge on any atom is -0.381 e. The fourth-order valence-corrected chi connectivity index (χ4v) is 3.44. The van der Waals surface area contributed by atoms with Gasteiger partial charge in [-0.15, -0.1) is 16.4 Å². The van der Waals surface area contributed by atoms with Crippen molar-refractivity contribution in [2.75, 3.05) is 19.8 Å². The number of amides is 1. The van der Waals surface area contributed by atoms with E-state index in [-0.39, 0.29) is 11.8 Å². The highest BCUT2D eigenvalue weighted by molar-refractivity contribution is 7.10. The smallest absolute Gasteiger partial charge is 0.246 e. The van der Waals surface area contributed by atoms with Gasteiger partial charge in [-0.25, -0.2) is 0 Å². The maximum atomic E-state index is 12.5. The summed E-state index contributed by atoms with van der Waals surface area (Å²) in [4.78, 5) is 15.4. The molecule has 2 aromatic rings. The highest BCUT2D eigenvalue weighted by Crippen LogP contribution is 2.27. The minimum atomic E-state index is -0.00352. The second kappa shape index (κ2) is 7.06. The number of hydrogen-bond donors (Lipinski definition) is 0. The first kappa shape index (κ1) is 15.9. The Kier molecular flexibility index (Phi) is 4.88. The van der Waals surface area contributed by atoms with Crippen LogP contribution in [0.2, 0.25) is 0 Å². The van der Waals surface area contributed by atoms with E-state index in [1.807, 2.05) is 42.5 Å². The van der Waals surface area contributed by atoms with Crippen LogP contribution in [-0.4, -0.2) is 45.6 Å². The number of hydrogen-bond acceptors (Lipinski definition) is 5. The van der Waals surface area contributed by atoms with Crippen LogP contribution in [0.25, 0.3) is 6.08 Å². The molecule has 1 aliphatic heterocycles. The van der Waals surface area contributed by atoms with Crippen molar-refractivity contribution in [3.63, 3.8) is 0 Å². The third kappa shape index (κ3) is 3.51. The van der Waals surface area contributed by atoms with E-state index >= 15 is 0 Å². The van der Waals surface area contributed by atoms with E-state index in [4.69, 9.17) is 4.74 Å². The Morgan fingerprint density at radius 1 is 1.57 bits per heavy atom. The van der Waals surface area contributed by atoms with Gasteiger partial charge < -0.3 is 9.64 Å². The van der Waals surface area contributed by atoms with E-state index < -0.39 is 0 Å². The Morgan fingerprint density at radius 2 is 2.43 bits per heavy atom. The summed E-state index contributed by atoms with van der Waals surface area (Å²) in [6, 6.07) is 3.96. The number of carbonyl (C=O) groups is 1. The van der Waals surface area contributed by atoms with Crippen LogP contribution in [0.4, 0.5) is 0 Å². The monoisotopic (exact) mass is 332 g/mol. The van der Waals surface area contributed by atoms with Gasteiger partial charge in [0.15, 0.2) is 0 Å². The summed E-state index contributed by atoms with van der Waals surface area (Å²) in [6.45, 7) is 4.33. The van der Waals surface area contributed by atoms with Crippen molar-refractivity contribution < 1.29 is 9.53 Å². The fourth-order valence-electron chi connectivity index (χ4n) is 2.82. The number of ether oxygens (including phenoxy) is 1. The summed E-state index contributed by atoms with van der Waals surface area (Å²) < 4.78 is 7.37. The largest absolute Gasteiger partial charge is 0.381 e. The number of carbonyl (C=O) groups excluding carboxylic acids is 1. The molecule has 0 spiro atoms. The number of aromatic nitrogens is 3. The van der Waals surface area contributed by atoms with Crippen molar-refractivity contribution in [3.05, 3.63) is 39.9 Å². The molecule has 3 rings (SSSR count).